The summed E-state index contributed by atoms with van der Waals surface area (Å²) >= 11 is 5.91. The minimum atomic E-state index is -0.757. The highest BCUT2D eigenvalue weighted by molar-refractivity contribution is 6.33. The summed E-state index contributed by atoms with van der Waals surface area (Å²) in [5.74, 6) is -1.54. The number of carbonyl (C=O) groups excluding carboxylic acids is 3. The van der Waals surface area contributed by atoms with E-state index < -0.39 is 23.4 Å². The molecule has 3 rings (SSSR count). The summed E-state index contributed by atoms with van der Waals surface area (Å²) in [4.78, 5) is 46.2. The number of nitro groups is 1. The van der Waals surface area contributed by atoms with Crippen LogP contribution >= 0.6 is 11.6 Å². The van der Waals surface area contributed by atoms with Crippen molar-refractivity contribution in [2.45, 2.75) is 12.8 Å². The van der Waals surface area contributed by atoms with Crippen molar-refractivity contribution in [2.24, 2.45) is 5.92 Å². The van der Waals surface area contributed by atoms with Crippen LogP contribution in [0.3, 0.4) is 0 Å². The molecule has 150 valence electrons. The van der Waals surface area contributed by atoms with Gasteiger partial charge in [0.1, 0.15) is 0 Å². The van der Waals surface area contributed by atoms with Gasteiger partial charge in [0.25, 0.3) is 11.6 Å². The molecule has 0 spiro atoms. The summed E-state index contributed by atoms with van der Waals surface area (Å²) in [6.45, 7) is -0.615. The second-order valence-electron chi connectivity index (χ2n) is 6.39. The summed E-state index contributed by atoms with van der Waals surface area (Å²) in [7, 11) is 0. The Labute approximate surface area is 170 Å². The normalized spacial score (nSPS) is 12.7. The SMILES string of the molecule is O=C(COC(=O)c1cccc(NC(=O)C2CC2)c1)Nc1cc([N+](=O)[O-])ccc1Cl. The summed E-state index contributed by atoms with van der Waals surface area (Å²) in [6, 6.07) is 9.77. The molecule has 0 unspecified atom stereocenters. The Balaban J connectivity index is 1.56. The second-order valence-corrected chi connectivity index (χ2v) is 6.80. The van der Waals surface area contributed by atoms with Gasteiger partial charge in [0.05, 0.1) is 21.2 Å². The molecule has 0 radical (unpaired) electrons. The van der Waals surface area contributed by atoms with E-state index in [-0.39, 0.29) is 33.8 Å². The Hall–Kier alpha value is -3.46. The summed E-state index contributed by atoms with van der Waals surface area (Å²) in [5.41, 5.74) is 0.419. The first kappa shape index (κ1) is 20.3. The fourth-order valence-corrected chi connectivity index (χ4v) is 2.60. The number of esters is 1. The molecule has 0 saturated heterocycles. The van der Waals surface area contributed by atoms with Gasteiger partial charge in [0.2, 0.25) is 5.91 Å². The fraction of sp³-hybridized carbons (Fsp3) is 0.211. The molecule has 0 aliphatic heterocycles. The number of ether oxygens (including phenoxy) is 1. The largest absolute Gasteiger partial charge is 0.452 e. The number of nitro benzene ring substituents is 1. The molecule has 1 fully saturated rings. The van der Waals surface area contributed by atoms with Crippen LogP contribution in [-0.2, 0) is 14.3 Å². The number of amides is 2. The van der Waals surface area contributed by atoms with Gasteiger partial charge in [-0.25, -0.2) is 4.79 Å². The van der Waals surface area contributed by atoms with Crippen LogP contribution in [0.25, 0.3) is 0 Å². The van der Waals surface area contributed by atoms with E-state index in [0.29, 0.717) is 5.69 Å². The molecule has 0 atom stereocenters. The van der Waals surface area contributed by atoms with Gasteiger partial charge >= 0.3 is 5.97 Å². The lowest BCUT2D eigenvalue weighted by atomic mass is 10.2. The lowest BCUT2D eigenvalue weighted by molar-refractivity contribution is -0.384. The van der Waals surface area contributed by atoms with Crippen molar-refractivity contribution < 1.29 is 24.0 Å². The van der Waals surface area contributed by atoms with Crippen molar-refractivity contribution in [3.8, 4) is 0 Å². The van der Waals surface area contributed by atoms with E-state index in [4.69, 9.17) is 16.3 Å². The molecule has 1 aliphatic carbocycles. The summed E-state index contributed by atoms with van der Waals surface area (Å²) in [5, 5.41) is 16.0. The minimum Gasteiger partial charge on any atom is -0.452 e. The van der Waals surface area contributed by atoms with Gasteiger partial charge in [-0.15, -0.1) is 0 Å². The van der Waals surface area contributed by atoms with Crippen molar-refractivity contribution in [2.75, 3.05) is 17.2 Å². The van der Waals surface area contributed by atoms with Crippen molar-refractivity contribution in [1.29, 1.82) is 0 Å². The number of hydrogen-bond acceptors (Lipinski definition) is 6. The first-order valence-electron chi connectivity index (χ1n) is 8.65. The number of hydrogen-bond donors (Lipinski definition) is 2. The lowest BCUT2D eigenvalue weighted by Gasteiger charge is -2.09. The maximum Gasteiger partial charge on any atom is 0.338 e. The molecule has 1 saturated carbocycles. The summed E-state index contributed by atoms with van der Waals surface area (Å²) in [6.07, 6.45) is 1.72. The van der Waals surface area contributed by atoms with E-state index in [1.807, 2.05) is 0 Å². The average molecular weight is 418 g/mol. The van der Waals surface area contributed by atoms with Gasteiger partial charge in [-0.1, -0.05) is 17.7 Å². The van der Waals surface area contributed by atoms with Gasteiger partial charge in [-0.05, 0) is 37.1 Å². The smallest absolute Gasteiger partial charge is 0.338 e. The molecular weight excluding hydrogens is 402 g/mol. The average Bonchev–Trinajstić information content (AvgIpc) is 3.53. The molecule has 0 heterocycles. The number of non-ortho nitro benzene ring substituents is 1. The minimum absolute atomic E-state index is 0.0231. The number of benzene rings is 2. The van der Waals surface area contributed by atoms with E-state index in [1.54, 1.807) is 12.1 Å². The highest BCUT2D eigenvalue weighted by Crippen LogP contribution is 2.30. The van der Waals surface area contributed by atoms with Crippen LogP contribution in [-0.4, -0.2) is 29.3 Å². The number of nitrogens with one attached hydrogen (secondary N) is 2. The van der Waals surface area contributed by atoms with E-state index >= 15 is 0 Å². The second kappa shape index (κ2) is 8.70. The molecule has 0 bridgehead atoms. The highest BCUT2D eigenvalue weighted by atomic mass is 35.5. The zero-order valence-electron chi connectivity index (χ0n) is 15.0. The van der Waals surface area contributed by atoms with Crippen LogP contribution in [0, 0.1) is 16.0 Å². The predicted molar refractivity (Wildman–Crippen MR) is 105 cm³/mol. The Morgan fingerprint density at radius 2 is 1.90 bits per heavy atom. The van der Waals surface area contributed by atoms with E-state index in [9.17, 15) is 24.5 Å². The molecule has 0 aromatic heterocycles. The third-order valence-electron chi connectivity index (χ3n) is 4.08. The van der Waals surface area contributed by atoms with Crippen LogP contribution in [0.15, 0.2) is 42.5 Å². The van der Waals surface area contributed by atoms with Gasteiger partial charge < -0.3 is 15.4 Å². The lowest BCUT2D eigenvalue weighted by Crippen LogP contribution is -2.21. The van der Waals surface area contributed by atoms with Crippen molar-refractivity contribution in [1.82, 2.24) is 0 Å². The van der Waals surface area contributed by atoms with Crippen LogP contribution < -0.4 is 10.6 Å². The van der Waals surface area contributed by atoms with Crippen molar-refractivity contribution in [3.63, 3.8) is 0 Å². The molecule has 2 aromatic rings. The maximum atomic E-state index is 12.2. The third-order valence-corrected chi connectivity index (χ3v) is 4.41. The van der Waals surface area contributed by atoms with Crippen LogP contribution in [0.4, 0.5) is 17.1 Å². The first-order valence-corrected chi connectivity index (χ1v) is 9.03. The number of anilines is 2. The first-order chi connectivity index (χ1) is 13.8. The molecular formula is C19H16ClN3O6. The Kier molecular flexibility index (Phi) is 6.08. The third kappa shape index (κ3) is 5.52. The molecule has 29 heavy (non-hydrogen) atoms. The molecule has 9 nitrogen and oxygen atoms in total. The quantitative estimate of drug-likeness (QED) is 0.403. The van der Waals surface area contributed by atoms with E-state index in [2.05, 4.69) is 10.6 Å². The molecule has 2 aromatic carbocycles. The number of halogens is 1. The number of carbonyl (C=O) groups is 3. The van der Waals surface area contributed by atoms with Crippen LogP contribution in [0.2, 0.25) is 5.02 Å². The topological polar surface area (TPSA) is 128 Å². The summed E-state index contributed by atoms with van der Waals surface area (Å²) < 4.78 is 4.96. The predicted octanol–water partition coefficient (Wildman–Crippen LogP) is 3.39. The monoisotopic (exact) mass is 417 g/mol. The molecule has 2 N–H and O–H groups in total. The maximum absolute atomic E-state index is 12.2. The van der Waals surface area contributed by atoms with Gasteiger partial charge in [0.15, 0.2) is 6.61 Å². The standard InChI is InChI=1S/C19H16ClN3O6/c20-15-7-6-14(23(27)28)9-16(15)22-17(24)10-29-19(26)12-2-1-3-13(8-12)21-18(25)11-4-5-11/h1-3,6-9,11H,4-5,10H2,(H,21,25)(H,22,24). The fourth-order valence-electron chi connectivity index (χ4n) is 2.44. The number of nitrogens with zero attached hydrogens (tertiary/aromatic N) is 1. The van der Waals surface area contributed by atoms with Gasteiger partial charge in [0, 0.05) is 23.7 Å². The van der Waals surface area contributed by atoms with Gasteiger partial charge in [-0.2, -0.15) is 0 Å². The zero-order valence-corrected chi connectivity index (χ0v) is 15.8. The molecule has 10 heteroatoms. The van der Waals surface area contributed by atoms with Crippen molar-refractivity contribution >= 4 is 46.4 Å². The number of rotatable bonds is 7. The molecule has 2 amide bonds. The van der Waals surface area contributed by atoms with E-state index in [1.165, 1.54) is 24.3 Å². The Bertz CT molecular complexity index is 990. The Morgan fingerprint density at radius 3 is 2.59 bits per heavy atom. The zero-order chi connectivity index (χ0) is 21.0. The Morgan fingerprint density at radius 1 is 1.14 bits per heavy atom. The van der Waals surface area contributed by atoms with E-state index in [0.717, 1.165) is 18.9 Å². The highest BCUT2D eigenvalue weighted by Gasteiger charge is 2.29. The van der Waals surface area contributed by atoms with Crippen LogP contribution in [0.1, 0.15) is 23.2 Å². The van der Waals surface area contributed by atoms with Crippen LogP contribution in [0.5, 0.6) is 0 Å². The van der Waals surface area contributed by atoms with Crippen molar-refractivity contribution in [3.05, 3.63) is 63.2 Å². The van der Waals surface area contributed by atoms with Gasteiger partial charge in [-0.3, -0.25) is 19.7 Å². The molecule has 1 aliphatic rings.